The molecule has 0 spiro atoms. The van der Waals surface area contributed by atoms with Gasteiger partial charge in [-0.05, 0) is 91.9 Å². The number of unbranched alkanes of at least 4 members (excludes halogenated alkanes) is 4. The third-order valence-corrected chi connectivity index (χ3v) is 8.50. The van der Waals surface area contributed by atoms with Gasteiger partial charge < -0.3 is 9.47 Å². The van der Waals surface area contributed by atoms with Crippen molar-refractivity contribution in [2.45, 2.75) is 77.9 Å². The Labute approximate surface area is 263 Å². The highest BCUT2D eigenvalue weighted by molar-refractivity contribution is 5.28. The maximum absolute atomic E-state index is 11.9. The molecule has 3 aromatic rings. The molecule has 1 aliphatic rings. The van der Waals surface area contributed by atoms with Crippen LogP contribution < -0.4 is 4.74 Å². The molecule has 0 fully saturated rings. The van der Waals surface area contributed by atoms with E-state index < -0.39 is 0 Å². The van der Waals surface area contributed by atoms with Gasteiger partial charge in [0.1, 0.15) is 12.4 Å². The van der Waals surface area contributed by atoms with Gasteiger partial charge in [-0.3, -0.25) is 15.0 Å². The first-order chi connectivity index (χ1) is 21.4. The van der Waals surface area contributed by atoms with Crippen LogP contribution in [0.4, 0.5) is 0 Å². The highest BCUT2D eigenvalue weighted by Gasteiger charge is 2.33. The van der Waals surface area contributed by atoms with Gasteiger partial charge in [0.25, 0.3) is 0 Å². The van der Waals surface area contributed by atoms with Crippen LogP contribution in [0.1, 0.15) is 75.0 Å². The molecule has 4 rings (SSSR count). The van der Waals surface area contributed by atoms with Crippen molar-refractivity contribution in [2.24, 2.45) is 5.41 Å². The van der Waals surface area contributed by atoms with E-state index in [9.17, 15) is 10.1 Å². The van der Waals surface area contributed by atoms with Gasteiger partial charge in [0.05, 0.1) is 12.0 Å². The molecule has 1 unspecified atom stereocenters. The van der Waals surface area contributed by atoms with Gasteiger partial charge in [-0.2, -0.15) is 0 Å². The number of nitrogens with zero attached hydrogens (tertiary/aromatic N) is 2. The fourth-order valence-electron chi connectivity index (χ4n) is 5.86. The van der Waals surface area contributed by atoms with Crippen LogP contribution in [-0.2, 0) is 24.3 Å². The van der Waals surface area contributed by atoms with Crippen molar-refractivity contribution in [2.75, 3.05) is 20.2 Å². The Morgan fingerprint density at radius 2 is 1.43 bits per heavy atom. The summed E-state index contributed by atoms with van der Waals surface area (Å²) in [5.74, 6) is 1.29. The lowest BCUT2D eigenvalue weighted by Crippen LogP contribution is -2.26. The Morgan fingerprint density at radius 1 is 0.795 bits per heavy atom. The number of methoxy groups -OCH3 is 1. The largest absolute Gasteiger partial charge is 0.497 e. The average Bonchev–Trinajstić information content (AvgIpc) is 3.05. The molecule has 0 N–H and O–H groups in total. The summed E-state index contributed by atoms with van der Waals surface area (Å²) in [6, 6.07) is 28.9. The smallest absolute Gasteiger partial charge is 0.307 e. The highest BCUT2D eigenvalue weighted by atomic mass is 16.6. The summed E-state index contributed by atoms with van der Waals surface area (Å²) in [6.45, 7) is 5.60. The summed E-state index contributed by atoms with van der Waals surface area (Å²) in [7, 11) is 1.70. The van der Waals surface area contributed by atoms with Crippen LogP contribution in [-0.4, -0.2) is 30.0 Å². The summed E-state index contributed by atoms with van der Waals surface area (Å²) in [5, 5.41) is 11.9. The third-order valence-electron chi connectivity index (χ3n) is 8.50. The van der Waals surface area contributed by atoms with Crippen LogP contribution >= 0.6 is 0 Å². The van der Waals surface area contributed by atoms with Gasteiger partial charge in [-0.25, -0.2) is 0 Å². The first-order valence-corrected chi connectivity index (χ1v) is 16.1. The molecule has 234 valence electrons. The summed E-state index contributed by atoms with van der Waals surface area (Å²) in [6.07, 6.45) is 13.4. The minimum atomic E-state index is -0.299. The highest BCUT2D eigenvalue weighted by Crippen LogP contribution is 2.38. The van der Waals surface area contributed by atoms with E-state index in [0.717, 1.165) is 69.5 Å². The lowest BCUT2D eigenvalue weighted by atomic mass is 9.78. The molecule has 1 aliphatic carbocycles. The van der Waals surface area contributed by atoms with Crippen LogP contribution in [0.2, 0.25) is 0 Å². The number of aryl methyl sites for hydroxylation is 1. The van der Waals surface area contributed by atoms with Crippen LogP contribution in [0.25, 0.3) is 0 Å². The van der Waals surface area contributed by atoms with Crippen LogP contribution in [0, 0.1) is 15.5 Å². The van der Waals surface area contributed by atoms with Gasteiger partial charge in [0.2, 0.25) is 0 Å². The molecule has 6 heteroatoms. The zero-order valence-corrected chi connectivity index (χ0v) is 26.5. The lowest BCUT2D eigenvalue weighted by Gasteiger charge is -2.28. The number of ether oxygens (including phenoxy) is 2. The van der Waals surface area contributed by atoms with Gasteiger partial charge in [-0.15, -0.1) is 0 Å². The van der Waals surface area contributed by atoms with Crippen molar-refractivity contribution in [1.29, 1.82) is 0 Å². The average molecular weight is 597 g/mol. The second-order valence-corrected chi connectivity index (χ2v) is 12.2. The van der Waals surface area contributed by atoms with Crippen molar-refractivity contribution < 1.29 is 14.4 Å². The van der Waals surface area contributed by atoms with Crippen molar-refractivity contribution >= 4 is 0 Å². The Kier molecular flexibility index (Phi) is 13.1. The Hall–Kier alpha value is -3.90. The van der Waals surface area contributed by atoms with Crippen molar-refractivity contribution in [1.82, 2.24) is 4.90 Å². The molecule has 0 bridgehead atoms. The quantitative estimate of drug-likeness (QED) is 0.0784. The Balaban J connectivity index is 1.20. The predicted octanol–water partition coefficient (Wildman–Crippen LogP) is 9.14. The number of allylic oxidation sites excluding steroid dienone is 2. The van der Waals surface area contributed by atoms with E-state index in [-0.39, 0.29) is 16.0 Å². The summed E-state index contributed by atoms with van der Waals surface area (Å²) < 4.78 is 11.1. The van der Waals surface area contributed by atoms with Gasteiger partial charge in [-0.1, -0.05) is 99.0 Å². The van der Waals surface area contributed by atoms with E-state index in [1.54, 1.807) is 7.11 Å². The molecule has 0 saturated heterocycles. The minimum absolute atomic E-state index is 0.0932. The molecule has 0 radical (unpaired) electrons. The predicted molar refractivity (Wildman–Crippen MR) is 178 cm³/mol. The SMILES string of the molecule is COc1ccc(CCCCCN(CCCCCC2(C)C=C([N+](=O)[O-])C(OCc3ccccc3)=CC2)Cc2ccccc2)cc1. The molecule has 1 atom stereocenters. The molecular formula is C38H48N2O4. The summed E-state index contributed by atoms with van der Waals surface area (Å²) >= 11 is 0. The molecule has 0 saturated carbocycles. The van der Waals surface area contributed by atoms with E-state index in [1.807, 2.05) is 54.6 Å². The van der Waals surface area contributed by atoms with Crippen molar-refractivity contribution in [3.63, 3.8) is 0 Å². The van der Waals surface area contributed by atoms with Crippen LogP contribution in [0.3, 0.4) is 0 Å². The number of rotatable bonds is 19. The number of benzene rings is 3. The molecule has 6 nitrogen and oxygen atoms in total. The topological polar surface area (TPSA) is 64.8 Å². The maximum atomic E-state index is 11.9. The molecule has 3 aromatic carbocycles. The van der Waals surface area contributed by atoms with Gasteiger partial charge in [0.15, 0.2) is 5.76 Å². The second-order valence-electron chi connectivity index (χ2n) is 12.2. The van der Waals surface area contributed by atoms with Crippen molar-refractivity contribution in [3.05, 3.63) is 135 Å². The third kappa shape index (κ3) is 11.0. The normalized spacial score (nSPS) is 16.3. The zero-order valence-electron chi connectivity index (χ0n) is 26.5. The standard InChI is InChI=1S/C38H48N2O4/c1-38(26-24-37(36(29-38)40(41)42)44-31-34-18-9-4-10-19-34)25-12-6-14-28-39(30-33-16-7-3-8-17-33)27-13-5-11-15-32-20-22-35(43-2)23-21-32/h3-4,7-10,16-24,29H,5-6,11-15,25-28,30-31H2,1-2H3. The van der Waals surface area contributed by atoms with E-state index in [2.05, 4.69) is 54.3 Å². The molecule has 0 heterocycles. The molecule has 0 amide bonds. The number of nitro groups is 1. The second kappa shape index (κ2) is 17.4. The van der Waals surface area contributed by atoms with Gasteiger partial charge >= 0.3 is 5.70 Å². The lowest BCUT2D eigenvalue weighted by molar-refractivity contribution is -0.425. The Bertz CT molecular complexity index is 1340. The fourth-order valence-corrected chi connectivity index (χ4v) is 5.86. The first-order valence-electron chi connectivity index (χ1n) is 16.1. The summed E-state index contributed by atoms with van der Waals surface area (Å²) in [5.41, 5.74) is 3.59. The van der Waals surface area contributed by atoms with E-state index in [1.165, 1.54) is 30.4 Å². The fraction of sp³-hybridized carbons (Fsp3) is 0.421. The van der Waals surface area contributed by atoms with E-state index in [4.69, 9.17) is 9.47 Å². The van der Waals surface area contributed by atoms with E-state index in [0.29, 0.717) is 12.4 Å². The molecule has 0 aromatic heterocycles. The van der Waals surface area contributed by atoms with Crippen molar-refractivity contribution in [3.8, 4) is 5.75 Å². The van der Waals surface area contributed by atoms with Gasteiger partial charge in [0, 0.05) is 12.6 Å². The number of hydrogen-bond acceptors (Lipinski definition) is 5. The van der Waals surface area contributed by atoms with E-state index >= 15 is 0 Å². The molecule has 44 heavy (non-hydrogen) atoms. The van der Waals surface area contributed by atoms with Crippen LogP contribution in [0.5, 0.6) is 5.75 Å². The minimum Gasteiger partial charge on any atom is -0.497 e. The monoisotopic (exact) mass is 596 g/mol. The number of hydrogen-bond donors (Lipinski definition) is 0. The Morgan fingerprint density at radius 3 is 2.07 bits per heavy atom. The first kappa shape index (κ1) is 33.0. The van der Waals surface area contributed by atoms with Crippen LogP contribution in [0.15, 0.2) is 109 Å². The summed E-state index contributed by atoms with van der Waals surface area (Å²) in [4.78, 5) is 14.2. The maximum Gasteiger partial charge on any atom is 0.307 e. The zero-order chi connectivity index (χ0) is 31.0. The molecular weight excluding hydrogens is 548 g/mol. The molecule has 0 aliphatic heterocycles.